The number of hydrogen-bond acceptors (Lipinski definition) is 8. The van der Waals surface area contributed by atoms with Gasteiger partial charge in [-0.25, -0.2) is 4.79 Å². The number of aliphatic hydroxyl groups excluding tert-OH is 2. The number of nitrogens with zero attached hydrogens (tertiary/aromatic N) is 1. The van der Waals surface area contributed by atoms with Gasteiger partial charge >= 0.3 is 6.09 Å². The first-order chi connectivity index (χ1) is 12.2. The molecule has 0 aliphatic carbocycles. The minimum Gasteiger partial charge on any atom is -0.491 e. The van der Waals surface area contributed by atoms with E-state index in [1.165, 1.54) is 0 Å². The highest BCUT2D eigenvalue weighted by molar-refractivity contribution is 6.10. The molecule has 0 aromatic heterocycles. The Morgan fingerprint density at radius 2 is 1.69 bits per heavy atom. The van der Waals surface area contributed by atoms with Crippen LogP contribution < -0.4 is 10.1 Å². The van der Waals surface area contributed by atoms with E-state index in [1.54, 1.807) is 45.0 Å². The largest absolute Gasteiger partial charge is 0.491 e. The normalized spacial score (nSPS) is 10.8. The van der Waals surface area contributed by atoms with Crippen molar-refractivity contribution in [2.75, 3.05) is 31.7 Å². The number of benzene rings is 1. The van der Waals surface area contributed by atoms with E-state index in [-0.39, 0.29) is 24.7 Å². The molecule has 1 aromatic carbocycles. The molecule has 9 nitrogen and oxygen atoms in total. The molecule has 144 valence electrons. The maximum absolute atomic E-state index is 12.2. The van der Waals surface area contributed by atoms with E-state index in [0.717, 1.165) is 0 Å². The second kappa shape index (κ2) is 9.73. The average Bonchev–Trinajstić information content (AvgIpc) is 2.57. The molecule has 1 rings (SSSR count). The molecule has 0 fully saturated rings. The molecule has 0 unspecified atom stereocenters. The van der Waals surface area contributed by atoms with Crippen molar-refractivity contribution in [2.45, 2.75) is 26.4 Å². The van der Waals surface area contributed by atoms with E-state index >= 15 is 0 Å². The number of hydrogen-bond donors (Lipinski definition) is 3. The Morgan fingerprint density at radius 1 is 1.08 bits per heavy atom. The maximum atomic E-state index is 12.2. The van der Waals surface area contributed by atoms with Gasteiger partial charge in [-0.2, -0.15) is 4.90 Å². The third-order valence-corrected chi connectivity index (χ3v) is 2.87. The predicted octanol–water partition coefficient (Wildman–Crippen LogP) is 0.752. The standard InChI is InChI=1S/C17H24N2O7/c1-17(2,3)26-16(24)19(15(23)11-21)14(22)10-18-12-4-6-13(7-5-12)25-9-8-20/h4-7,18,20-21H,8-11H2,1-3H3. The number of carbonyl (C=O) groups excluding carboxylic acids is 3. The van der Waals surface area contributed by atoms with Gasteiger partial charge in [-0.3, -0.25) is 9.59 Å². The molecule has 9 heteroatoms. The molecular formula is C17H24N2O7. The number of imide groups is 3. The van der Waals surface area contributed by atoms with Crippen LogP contribution in [0.2, 0.25) is 0 Å². The van der Waals surface area contributed by atoms with Crippen LogP contribution in [0.5, 0.6) is 5.75 Å². The SMILES string of the molecule is CC(C)(C)OC(=O)N(C(=O)CO)C(=O)CNc1ccc(OCCO)cc1. The summed E-state index contributed by atoms with van der Waals surface area (Å²) in [6.45, 7) is 3.48. The van der Waals surface area contributed by atoms with Crippen molar-refractivity contribution in [1.82, 2.24) is 4.90 Å². The van der Waals surface area contributed by atoms with Crippen LogP contribution in [0.1, 0.15) is 20.8 Å². The third-order valence-electron chi connectivity index (χ3n) is 2.87. The molecule has 1 aromatic rings. The molecule has 0 aliphatic heterocycles. The van der Waals surface area contributed by atoms with Crippen molar-refractivity contribution in [3.05, 3.63) is 24.3 Å². The highest BCUT2D eigenvalue weighted by Crippen LogP contribution is 2.16. The van der Waals surface area contributed by atoms with E-state index in [4.69, 9.17) is 19.7 Å². The van der Waals surface area contributed by atoms with E-state index in [9.17, 15) is 14.4 Å². The number of aliphatic hydroxyl groups is 2. The maximum Gasteiger partial charge on any atom is 0.424 e. The first kappa shape index (κ1) is 21.4. The minimum absolute atomic E-state index is 0.103. The van der Waals surface area contributed by atoms with Crippen LogP contribution in [0.3, 0.4) is 0 Å². The van der Waals surface area contributed by atoms with Crippen LogP contribution in [0.25, 0.3) is 0 Å². The second-order valence-electron chi connectivity index (χ2n) is 6.21. The Morgan fingerprint density at radius 3 is 2.19 bits per heavy atom. The predicted molar refractivity (Wildman–Crippen MR) is 92.7 cm³/mol. The second-order valence-corrected chi connectivity index (χ2v) is 6.21. The van der Waals surface area contributed by atoms with Crippen molar-refractivity contribution < 1.29 is 34.1 Å². The summed E-state index contributed by atoms with van der Waals surface area (Å²) in [5, 5.41) is 20.4. The quantitative estimate of drug-likeness (QED) is 0.644. The Labute approximate surface area is 151 Å². The highest BCUT2D eigenvalue weighted by atomic mass is 16.6. The summed E-state index contributed by atoms with van der Waals surface area (Å²) < 4.78 is 10.2. The van der Waals surface area contributed by atoms with Gasteiger partial charge in [0.05, 0.1) is 13.2 Å². The fourth-order valence-corrected chi connectivity index (χ4v) is 1.81. The topological polar surface area (TPSA) is 125 Å². The van der Waals surface area contributed by atoms with E-state index in [1.807, 2.05) is 0 Å². The van der Waals surface area contributed by atoms with Gasteiger partial charge < -0.3 is 25.0 Å². The molecule has 0 saturated carbocycles. The molecule has 0 heterocycles. The zero-order valence-electron chi connectivity index (χ0n) is 15.0. The Balaban J connectivity index is 2.71. The van der Waals surface area contributed by atoms with Crippen LogP contribution in [-0.2, 0) is 14.3 Å². The molecule has 26 heavy (non-hydrogen) atoms. The van der Waals surface area contributed by atoms with E-state index in [0.29, 0.717) is 11.4 Å². The lowest BCUT2D eigenvalue weighted by Gasteiger charge is -2.24. The summed E-state index contributed by atoms with van der Waals surface area (Å²) in [5.41, 5.74) is -0.348. The Hall–Kier alpha value is -2.65. The number of anilines is 1. The van der Waals surface area contributed by atoms with Crippen LogP contribution in [0.4, 0.5) is 10.5 Å². The first-order valence-corrected chi connectivity index (χ1v) is 7.95. The van der Waals surface area contributed by atoms with Crippen molar-refractivity contribution in [2.24, 2.45) is 0 Å². The van der Waals surface area contributed by atoms with Gasteiger partial charge in [0.15, 0.2) is 0 Å². The molecule has 0 spiro atoms. The van der Waals surface area contributed by atoms with Gasteiger partial charge in [0.25, 0.3) is 11.8 Å². The van der Waals surface area contributed by atoms with Crippen molar-refractivity contribution in [1.29, 1.82) is 0 Å². The molecular weight excluding hydrogens is 344 g/mol. The highest BCUT2D eigenvalue weighted by Gasteiger charge is 2.32. The van der Waals surface area contributed by atoms with Gasteiger partial charge in [-0.05, 0) is 45.0 Å². The lowest BCUT2D eigenvalue weighted by atomic mass is 10.2. The van der Waals surface area contributed by atoms with Gasteiger partial charge in [-0.1, -0.05) is 0 Å². The Bertz CT molecular complexity index is 623. The molecule has 0 aliphatic rings. The fraction of sp³-hybridized carbons (Fsp3) is 0.471. The summed E-state index contributed by atoms with van der Waals surface area (Å²) in [7, 11) is 0. The molecule has 3 amide bonds. The van der Waals surface area contributed by atoms with E-state index in [2.05, 4.69) is 5.32 Å². The van der Waals surface area contributed by atoms with Gasteiger partial charge in [0, 0.05) is 5.69 Å². The summed E-state index contributed by atoms with van der Waals surface area (Å²) >= 11 is 0. The molecule has 0 radical (unpaired) electrons. The number of ether oxygens (including phenoxy) is 2. The summed E-state index contributed by atoms with van der Waals surface area (Å²) in [6.07, 6.45) is -1.14. The minimum atomic E-state index is -1.14. The number of amides is 3. The van der Waals surface area contributed by atoms with Gasteiger partial charge in [-0.15, -0.1) is 0 Å². The van der Waals surface area contributed by atoms with Crippen LogP contribution in [-0.4, -0.2) is 65.0 Å². The van der Waals surface area contributed by atoms with Gasteiger partial charge in [0.1, 0.15) is 24.6 Å². The van der Waals surface area contributed by atoms with Crippen LogP contribution >= 0.6 is 0 Å². The summed E-state index contributed by atoms with van der Waals surface area (Å²) in [6, 6.07) is 6.53. The zero-order valence-corrected chi connectivity index (χ0v) is 15.0. The zero-order chi connectivity index (χ0) is 19.7. The number of rotatable bonds is 7. The third kappa shape index (κ3) is 7.08. The smallest absolute Gasteiger partial charge is 0.424 e. The fourth-order valence-electron chi connectivity index (χ4n) is 1.81. The first-order valence-electron chi connectivity index (χ1n) is 7.95. The van der Waals surface area contributed by atoms with Crippen molar-refractivity contribution >= 4 is 23.6 Å². The van der Waals surface area contributed by atoms with Crippen molar-refractivity contribution in [3.63, 3.8) is 0 Å². The number of nitrogens with one attached hydrogen (secondary N) is 1. The molecule has 0 bridgehead atoms. The summed E-state index contributed by atoms with van der Waals surface area (Å²) in [4.78, 5) is 36.3. The van der Waals surface area contributed by atoms with Crippen LogP contribution in [0.15, 0.2) is 24.3 Å². The molecule has 3 N–H and O–H groups in total. The number of carbonyl (C=O) groups is 3. The lowest BCUT2D eigenvalue weighted by molar-refractivity contribution is -0.144. The lowest BCUT2D eigenvalue weighted by Crippen LogP contribution is -2.48. The van der Waals surface area contributed by atoms with E-state index < -0.39 is 30.1 Å². The monoisotopic (exact) mass is 368 g/mol. The Kier molecular flexibility index (Phi) is 8.01. The van der Waals surface area contributed by atoms with Crippen molar-refractivity contribution in [3.8, 4) is 5.75 Å². The summed E-state index contributed by atoms with van der Waals surface area (Å²) in [5.74, 6) is -1.39. The molecule has 0 saturated heterocycles. The molecule has 0 atom stereocenters. The van der Waals surface area contributed by atoms with Crippen LogP contribution in [0, 0.1) is 0 Å². The van der Waals surface area contributed by atoms with Gasteiger partial charge in [0.2, 0.25) is 0 Å². The average molecular weight is 368 g/mol.